The molecule has 0 aromatic heterocycles. The van der Waals surface area contributed by atoms with Crippen LogP contribution in [0.5, 0.6) is 0 Å². The van der Waals surface area contributed by atoms with Crippen LogP contribution in [0.4, 0.5) is 0 Å². The van der Waals surface area contributed by atoms with E-state index in [0.29, 0.717) is 5.56 Å². The van der Waals surface area contributed by atoms with E-state index in [1.54, 1.807) is 7.05 Å². The first-order chi connectivity index (χ1) is 6.24. The number of carbonyl (C=O) groups excluding carboxylic acids is 1. The van der Waals surface area contributed by atoms with Crippen LogP contribution in [0.3, 0.4) is 0 Å². The van der Waals surface area contributed by atoms with Crippen LogP contribution in [0.25, 0.3) is 0 Å². The standard InChI is InChI=1S/C9H11NO.C2H6.H2/c1-7-3-5-8(6-4-7)9(11)10-2;1-2;/h3-6H,1-2H3,(H,10,11);1-2H3;1H. The summed E-state index contributed by atoms with van der Waals surface area (Å²) >= 11 is 0. The van der Waals surface area contributed by atoms with Gasteiger partial charge >= 0.3 is 0 Å². The first kappa shape index (κ1) is 11.7. The zero-order valence-electron chi connectivity index (χ0n) is 8.72. The van der Waals surface area contributed by atoms with Gasteiger partial charge in [-0.05, 0) is 19.1 Å². The summed E-state index contributed by atoms with van der Waals surface area (Å²) in [6, 6.07) is 7.47. The predicted octanol–water partition coefficient (Wildman–Crippen LogP) is 2.63. The summed E-state index contributed by atoms with van der Waals surface area (Å²) in [6.45, 7) is 5.99. The SMILES string of the molecule is CC.CNC(=O)c1ccc(C)cc1.[HH]. The number of hydrogen-bond acceptors (Lipinski definition) is 1. The van der Waals surface area contributed by atoms with Gasteiger partial charge in [0.1, 0.15) is 0 Å². The number of rotatable bonds is 1. The smallest absolute Gasteiger partial charge is 0.251 e. The maximum atomic E-state index is 11.0. The molecule has 0 heterocycles. The van der Waals surface area contributed by atoms with Crippen molar-refractivity contribution in [2.45, 2.75) is 20.8 Å². The third-order valence-corrected chi connectivity index (χ3v) is 1.54. The zero-order chi connectivity index (χ0) is 10.3. The summed E-state index contributed by atoms with van der Waals surface area (Å²) in [6.07, 6.45) is 0. The fourth-order valence-corrected chi connectivity index (χ4v) is 0.849. The van der Waals surface area contributed by atoms with Crippen molar-refractivity contribution in [2.75, 3.05) is 7.05 Å². The Balaban J connectivity index is 0. The average molecular weight is 181 g/mol. The van der Waals surface area contributed by atoms with Gasteiger partial charge in [-0.25, -0.2) is 0 Å². The molecule has 1 N–H and O–H groups in total. The van der Waals surface area contributed by atoms with Gasteiger partial charge in [0, 0.05) is 14.0 Å². The largest absolute Gasteiger partial charge is 0.355 e. The molecule has 2 heteroatoms. The van der Waals surface area contributed by atoms with Gasteiger partial charge in [-0.1, -0.05) is 31.5 Å². The van der Waals surface area contributed by atoms with Crippen LogP contribution in [-0.2, 0) is 0 Å². The van der Waals surface area contributed by atoms with Crippen molar-refractivity contribution in [3.05, 3.63) is 35.4 Å². The number of amides is 1. The molecule has 0 fully saturated rings. The summed E-state index contributed by atoms with van der Waals surface area (Å²) < 4.78 is 0. The molecule has 13 heavy (non-hydrogen) atoms. The fraction of sp³-hybridized carbons (Fsp3) is 0.364. The van der Waals surface area contributed by atoms with Crippen molar-refractivity contribution < 1.29 is 6.22 Å². The summed E-state index contributed by atoms with van der Waals surface area (Å²) in [5.41, 5.74) is 1.87. The van der Waals surface area contributed by atoms with Crippen LogP contribution in [-0.4, -0.2) is 13.0 Å². The monoisotopic (exact) mass is 181 g/mol. The molecule has 0 bridgehead atoms. The fourth-order valence-electron chi connectivity index (χ4n) is 0.849. The molecule has 1 aromatic carbocycles. The van der Waals surface area contributed by atoms with E-state index >= 15 is 0 Å². The van der Waals surface area contributed by atoms with Crippen LogP contribution in [0, 0.1) is 6.92 Å². The molecule has 0 saturated carbocycles. The average Bonchev–Trinajstić information content (AvgIpc) is 2.21. The van der Waals surface area contributed by atoms with E-state index in [2.05, 4.69) is 5.32 Å². The van der Waals surface area contributed by atoms with Crippen molar-refractivity contribution in [1.29, 1.82) is 0 Å². The van der Waals surface area contributed by atoms with E-state index in [-0.39, 0.29) is 7.33 Å². The highest BCUT2D eigenvalue weighted by Crippen LogP contribution is 2.01. The minimum atomic E-state index is -0.0370. The lowest BCUT2D eigenvalue weighted by molar-refractivity contribution is 0.0963. The van der Waals surface area contributed by atoms with E-state index < -0.39 is 0 Å². The lowest BCUT2D eigenvalue weighted by Gasteiger charge is -1.98. The summed E-state index contributed by atoms with van der Waals surface area (Å²) in [4.78, 5) is 11.0. The number of nitrogens with one attached hydrogen (secondary N) is 1. The van der Waals surface area contributed by atoms with E-state index in [9.17, 15) is 4.79 Å². The van der Waals surface area contributed by atoms with Crippen molar-refractivity contribution in [2.24, 2.45) is 0 Å². The second-order valence-corrected chi connectivity index (χ2v) is 2.45. The molecule has 0 atom stereocenters. The molecule has 1 aromatic rings. The molecular weight excluding hydrogens is 162 g/mol. The zero-order valence-corrected chi connectivity index (χ0v) is 8.72. The molecule has 74 valence electrons. The molecule has 2 nitrogen and oxygen atoms in total. The van der Waals surface area contributed by atoms with Gasteiger partial charge in [-0.15, -0.1) is 0 Å². The highest BCUT2D eigenvalue weighted by atomic mass is 16.1. The maximum Gasteiger partial charge on any atom is 0.251 e. The highest BCUT2D eigenvalue weighted by Gasteiger charge is 1.99. The molecular formula is C11H19NO. The molecule has 0 unspecified atom stereocenters. The summed E-state index contributed by atoms with van der Waals surface area (Å²) in [5.74, 6) is -0.0370. The maximum absolute atomic E-state index is 11.0. The summed E-state index contributed by atoms with van der Waals surface area (Å²) in [5, 5.41) is 2.56. The number of aryl methyl sites for hydroxylation is 1. The summed E-state index contributed by atoms with van der Waals surface area (Å²) in [7, 11) is 1.63. The van der Waals surface area contributed by atoms with Crippen molar-refractivity contribution in [1.82, 2.24) is 5.32 Å². The Morgan fingerprint density at radius 2 is 1.69 bits per heavy atom. The van der Waals surface area contributed by atoms with Crippen LogP contribution in [0.15, 0.2) is 24.3 Å². The van der Waals surface area contributed by atoms with Gasteiger partial charge in [0.25, 0.3) is 5.91 Å². The van der Waals surface area contributed by atoms with Crippen LogP contribution >= 0.6 is 0 Å². The van der Waals surface area contributed by atoms with E-state index in [4.69, 9.17) is 0 Å². The molecule has 0 saturated heterocycles. The van der Waals surface area contributed by atoms with Crippen LogP contribution < -0.4 is 5.32 Å². The van der Waals surface area contributed by atoms with Crippen LogP contribution in [0.1, 0.15) is 31.2 Å². The van der Waals surface area contributed by atoms with Crippen LogP contribution in [0.2, 0.25) is 0 Å². The van der Waals surface area contributed by atoms with E-state index in [1.807, 2.05) is 45.0 Å². The molecule has 0 aliphatic rings. The Morgan fingerprint density at radius 3 is 2.08 bits per heavy atom. The second kappa shape index (κ2) is 6.23. The molecule has 1 amide bonds. The number of carbonyl (C=O) groups is 1. The van der Waals surface area contributed by atoms with Gasteiger partial charge in [-0.2, -0.15) is 0 Å². The van der Waals surface area contributed by atoms with Gasteiger partial charge in [0.15, 0.2) is 0 Å². The Bertz CT molecular complexity index is 256. The molecule has 0 radical (unpaired) electrons. The third kappa shape index (κ3) is 3.74. The lowest BCUT2D eigenvalue weighted by atomic mass is 10.1. The second-order valence-electron chi connectivity index (χ2n) is 2.45. The van der Waals surface area contributed by atoms with Gasteiger partial charge in [-0.3, -0.25) is 4.79 Å². The van der Waals surface area contributed by atoms with Gasteiger partial charge in [0.2, 0.25) is 0 Å². The van der Waals surface area contributed by atoms with Crippen molar-refractivity contribution >= 4 is 5.91 Å². The Morgan fingerprint density at radius 1 is 1.23 bits per heavy atom. The van der Waals surface area contributed by atoms with E-state index in [0.717, 1.165) is 5.56 Å². The molecule has 0 aliphatic carbocycles. The minimum absolute atomic E-state index is 0. The topological polar surface area (TPSA) is 29.1 Å². The predicted molar refractivity (Wildman–Crippen MR) is 58.0 cm³/mol. The minimum Gasteiger partial charge on any atom is -0.355 e. The Labute approximate surface area is 81.5 Å². The number of hydrogen-bond donors (Lipinski definition) is 1. The Hall–Kier alpha value is -1.31. The van der Waals surface area contributed by atoms with Crippen molar-refractivity contribution in [3.8, 4) is 0 Å². The Kier molecular flexibility index (Phi) is 5.60. The molecule has 0 aliphatic heterocycles. The van der Waals surface area contributed by atoms with E-state index in [1.165, 1.54) is 0 Å². The normalized spacial score (nSPS) is 8.31. The van der Waals surface area contributed by atoms with Gasteiger partial charge < -0.3 is 5.32 Å². The van der Waals surface area contributed by atoms with Crippen molar-refractivity contribution in [3.63, 3.8) is 0 Å². The first-order valence-electron chi connectivity index (χ1n) is 4.53. The number of benzene rings is 1. The quantitative estimate of drug-likeness (QED) is 0.709. The van der Waals surface area contributed by atoms with Gasteiger partial charge in [0.05, 0.1) is 0 Å². The lowest BCUT2D eigenvalue weighted by Crippen LogP contribution is -2.17. The highest BCUT2D eigenvalue weighted by molar-refractivity contribution is 5.93. The molecule has 0 spiro atoms. The first-order valence-corrected chi connectivity index (χ1v) is 4.53. The molecule has 1 rings (SSSR count). The third-order valence-electron chi connectivity index (χ3n) is 1.54.